The van der Waals surface area contributed by atoms with Gasteiger partial charge < -0.3 is 18.7 Å². The van der Waals surface area contributed by atoms with Crippen molar-refractivity contribution in [2.75, 3.05) is 5.32 Å². The summed E-state index contributed by atoms with van der Waals surface area (Å²) in [6.45, 7) is 0.231. The number of amides is 1. The SMILES string of the molecule is O=C(Nc1ccc2oc(=O)[nH]c2c1)c1ccc(Cn2ccccc2=O)o1. The summed E-state index contributed by atoms with van der Waals surface area (Å²) in [7, 11) is 0. The Kier molecular flexibility index (Phi) is 3.77. The van der Waals surface area contributed by atoms with Gasteiger partial charge >= 0.3 is 5.76 Å². The summed E-state index contributed by atoms with van der Waals surface area (Å²) in [5, 5.41) is 2.68. The molecule has 0 aliphatic rings. The Bertz CT molecular complexity index is 1210. The zero-order valence-electron chi connectivity index (χ0n) is 13.4. The molecule has 8 nitrogen and oxygen atoms in total. The number of anilines is 1. The number of carbonyl (C=O) groups excluding carboxylic acids is 1. The van der Waals surface area contributed by atoms with Crippen molar-refractivity contribution in [2.45, 2.75) is 6.54 Å². The fourth-order valence-corrected chi connectivity index (χ4v) is 2.57. The Labute approximate surface area is 145 Å². The molecule has 130 valence electrons. The molecule has 0 bridgehead atoms. The molecule has 0 unspecified atom stereocenters. The fraction of sp³-hybridized carbons (Fsp3) is 0.0556. The summed E-state index contributed by atoms with van der Waals surface area (Å²) in [6.07, 6.45) is 1.64. The summed E-state index contributed by atoms with van der Waals surface area (Å²) in [4.78, 5) is 37.7. The molecule has 1 amide bonds. The van der Waals surface area contributed by atoms with Gasteiger partial charge in [0.1, 0.15) is 5.76 Å². The van der Waals surface area contributed by atoms with Crippen LogP contribution in [0.25, 0.3) is 11.1 Å². The highest BCUT2D eigenvalue weighted by Crippen LogP contribution is 2.18. The second kappa shape index (κ2) is 6.25. The van der Waals surface area contributed by atoms with E-state index in [2.05, 4.69) is 10.3 Å². The lowest BCUT2D eigenvalue weighted by Crippen LogP contribution is -2.18. The van der Waals surface area contributed by atoms with Gasteiger partial charge in [0.15, 0.2) is 11.3 Å². The van der Waals surface area contributed by atoms with Gasteiger partial charge in [-0.25, -0.2) is 4.79 Å². The largest absolute Gasteiger partial charge is 0.454 e. The van der Waals surface area contributed by atoms with Gasteiger partial charge in [0.2, 0.25) is 0 Å². The Hall–Kier alpha value is -3.81. The zero-order chi connectivity index (χ0) is 18.1. The molecule has 0 fully saturated rings. The average Bonchev–Trinajstić information content (AvgIpc) is 3.22. The maximum Gasteiger partial charge on any atom is 0.417 e. The van der Waals surface area contributed by atoms with Crippen LogP contribution < -0.4 is 16.6 Å². The van der Waals surface area contributed by atoms with E-state index in [9.17, 15) is 14.4 Å². The third kappa shape index (κ3) is 3.07. The van der Waals surface area contributed by atoms with Gasteiger partial charge in [-0.15, -0.1) is 0 Å². The zero-order valence-corrected chi connectivity index (χ0v) is 13.4. The topological polar surface area (TPSA) is 110 Å². The van der Waals surface area contributed by atoms with Crippen LogP contribution >= 0.6 is 0 Å². The lowest BCUT2D eigenvalue weighted by Gasteiger charge is -2.03. The van der Waals surface area contributed by atoms with E-state index in [1.807, 2.05) is 0 Å². The third-order valence-corrected chi connectivity index (χ3v) is 3.79. The molecule has 1 aromatic carbocycles. The van der Waals surface area contributed by atoms with Gasteiger partial charge in [-0.3, -0.25) is 14.6 Å². The van der Waals surface area contributed by atoms with Crippen LogP contribution in [0.3, 0.4) is 0 Å². The van der Waals surface area contributed by atoms with Gasteiger partial charge in [-0.2, -0.15) is 0 Å². The smallest absolute Gasteiger partial charge is 0.417 e. The number of pyridine rings is 1. The molecule has 2 N–H and O–H groups in total. The van der Waals surface area contributed by atoms with E-state index >= 15 is 0 Å². The standard InChI is InChI=1S/C18H13N3O5/c22-16-3-1-2-8-21(16)10-12-5-7-15(25-12)17(23)19-11-4-6-14-13(9-11)20-18(24)26-14/h1-9H,10H2,(H,19,23)(H,20,24). The molecule has 0 aliphatic heterocycles. The molecule has 0 radical (unpaired) electrons. The van der Waals surface area contributed by atoms with Crippen molar-refractivity contribution in [1.82, 2.24) is 9.55 Å². The van der Waals surface area contributed by atoms with Crippen LogP contribution in [0.2, 0.25) is 0 Å². The van der Waals surface area contributed by atoms with Crippen molar-refractivity contribution in [3.8, 4) is 0 Å². The number of rotatable bonds is 4. The monoisotopic (exact) mass is 351 g/mol. The number of benzene rings is 1. The van der Waals surface area contributed by atoms with Crippen LogP contribution in [0, 0.1) is 0 Å². The molecule has 4 rings (SSSR count). The van der Waals surface area contributed by atoms with E-state index < -0.39 is 11.7 Å². The summed E-state index contributed by atoms with van der Waals surface area (Å²) < 4.78 is 11.9. The molecular weight excluding hydrogens is 338 g/mol. The lowest BCUT2D eigenvalue weighted by atomic mass is 10.3. The average molecular weight is 351 g/mol. The molecular formula is C18H13N3O5. The first-order valence-electron chi connectivity index (χ1n) is 7.77. The molecule has 26 heavy (non-hydrogen) atoms. The van der Waals surface area contributed by atoms with E-state index in [-0.39, 0.29) is 17.9 Å². The van der Waals surface area contributed by atoms with Crippen molar-refractivity contribution in [3.05, 3.63) is 87.2 Å². The molecule has 4 aromatic rings. The van der Waals surface area contributed by atoms with E-state index in [1.54, 1.807) is 42.6 Å². The summed E-state index contributed by atoms with van der Waals surface area (Å²) in [5.74, 6) is -0.403. The first-order chi connectivity index (χ1) is 12.6. The Morgan fingerprint density at radius 2 is 1.96 bits per heavy atom. The van der Waals surface area contributed by atoms with Crippen molar-refractivity contribution in [3.63, 3.8) is 0 Å². The summed E-state index contributed by atoms with van der Waals surface area (Å²) in [6, 6.07) is 12.8. The number of oxazole rings is 1. The number of H-pyrrole nitrogens is 1. The minimum absolute atomic E-state index is 0.116. The first-order valence-corrected chi connectivity index (χ1v) is 7.77. The second-order valence-electron chi connectivity index (χ2n) is 5.61. The van der Waals surface area contributed by atoms with Gasteiger partial charge in [0.25, 0.3) is 11.5 Å². The third-order valence-electron chi connectivity index (χ3n) is 3.79. The Balaban J connectivity index is 1.51. The van der Waals surface area contributed by atoms with E-state index in [0.29, 0.717) is 22.5 Å². The lowest BCUT2D eigenvalue weighted by molar-refractivity contribution is 0.0995. The van der Waals surface area contributed by atoms with Crippen LogP contribution in [-0.4, -0.2) is 15.5 Å². The number of nitrogens with one attached hydrogen (secondary N) is 2. The van der Waals surface area contributed by atoms with Gasteiger partial charge in [-0.1, -0.05) is 6.07 Å². The Morgan fingerprint density at radius 3 is 2.81 bits per heavy atom. The molecule has 3 heterocycles. The highest BCUT2D eigenvalue weighted by Gasteiger charge is 2.13. The molecule has 0 aliphatic carbocycles. The molecule has 0 saturated heterocycles. The quantitative estimate of drug-likeness (QED) is 0.585. The van der Waals surface area contributed by atoms with E-state index in [1.165, 1.54) is 16.7 Å². The van der Waals surface area contributed by atoms with Gasteiger partial charge in [-0.05, 0) is 36.4 Å². The second-order valence-corrected chi connectivity index (χ2v) is 5.61. The predicted molar refractivity (Wildman–Crippen MR) is 93.3 cm³/mol. The molecule has 0 saturated carbocycles. The molecule has 0 spiro atoms. The maximum atomic E-state index is 12.3. The van der Waals surface area contributed by atoms with Crippen LogP contribution in [0.5, 0.6) is 0 Å². The first kappa shape index (κ1) is 15.7. The number of furan rings is 1. The summed E-state index contributed by atoms with van der Waals surface area (Å²) in [5.41, 5.74) is 1.21. The van der Waals surface area contributed by atoms with Crippen molar-refractivity contribution >= 4 is 22.7 Å². The van der Waals surface area contributed by atoms with Crippen LogP contribution in [0.15, 0.2) is 73.2 Å². The molecule has 0 atom stereocenters. The number of aromatic amines is 1. The molecule has 8 heteroatoms. The number of fused-ring (bicyclic) bond motifs is 1. The van der Waals surface area contributed by atoms with E-state index in [4.69, 9.17) is 8.83 Å². The van der Waals surface area contributed by atoms with Crippen LogP contribution in [0.4, 0.5) is 5.69 Å². The van der Waals surface area contributed by atoms with E-state index in [0.717, 1.165) is 0 Å². The van der Waals surface area contributed by atoms with Gasteiger partial charge in [0, 0.05) is 18.0 Å². The number of aromatic nitrogens is 2. The normalized spacial score (nSPS) is 10.9. The number of hydrogen-bond acceptors (Lipinski definition) is 5. The van der Waals surface area contributed by atoms with Gasteiger partial charge in [0.05, 0.1) is 12.1 Å². The maximum absolute atomic E-state index is 12.3. The van der Waals surface area contributed by atoms with Crippen molar-refractivity contribution in [1.29, 1.82) is 0 Å². The summed E-state index contributed by atoms with van der Waals surface area (Å²) >= 11 is 0. The van der Waals surface area contributed by atoms with Crippen LogP contribution in [0.1, 0.15) is 16.3 Å². The number of hydrogen-bond donors (Lipinski definition) is 2. The Morgan fingerprint density at radius 1 is 1.08 bits per heavy atom. The minimum Gasteiger partial charge on any atom is -0.454 e. The number of nitrogens with zero attached hydrogens (tertiary/aromatic N) is 1. The fourth-order valence-electron chi connectivity index (χ4n) is 2.57. The van der Waals surface area contributed by atoms with Crippen LogP contribution in [-0.2, 0) is 6.54 Å². The predicted octanol–water partition coefficient (Wildman–Crippen LogP) is 2.18. The molecule has 3 aromatic heterocycles. The highest BCUT2D eigenvalue weighted by atomic mass is 16.4. The number of carbonyl (C=O) groups is 1. The highest BCUT2D eigenvalue weighted by molar-refractivity contribution is 6.03. The van der Waals surface area contributed by atoms with Crippen molar-refractivity contribution < 1.29 is 13.6 Å². The van der Waals surface area contributed by atoms with Crippen molar-refractivity contribution in [2.24, 2.45) is 0 Å². The minimum atomic E-state index is -0.560.